The molecular weight excluding hydrogens is 388 g/mol. The first-order chi connectivity index (χ1) is 15.3. The van der Waals surface area contributed by atoms with Gasteiger partial charge >= 0.3 is 6.09 Å². The number of nitrogens with one attached hydrogen (secondary N) is 1. The molecule has 1 N–H and O–H groups in total. The molecule has 1 aliphatic carbocycles. The van der Waals surface area contributed by atoms with Crippen molar-refractivity contribution in [2.24, 2.45) is 11.8 Å². The number of benzene rings is 2. The van der Waals surface area contributed by atoms with E-state index in [0.717, 1.165) is 25.1 Å². The molecule has 0 bridgehead atoms. The number of rotatable bonds is 8. The molecule has 3 fully saturated rings. The highest BCUT2D eigenvalue weighted by atomic mass is 16.6. The molecule has 1 amide bonds. The van der Waals surface area contributed by atoms with Gasteiger partial charge in [0.2, 0.25) is 0 Å². The van der Waals surface area contributed by atoms with Gasteiger partial charge in [0.05, 0.1) is 18.8 Å². The summed E-state index contributed by atoms with van der Waals surface area (Å²) in [6.07, 6.45) is 4.21. The third-order valence-electron chi connectivity index (χ3n) is 7.39. The highest BCUT2D eigenvalue weighted by molar-refractivity contribution is 5.72. The van der Waals surface area contributed by atoms with Crippen LogP contribution in [0.3, 0.4) is 0 Å². The summed E-state index contributed by atoms with van der Waals surface area (Å²) in [7, 11) is 0. The lowest BCUT2D eigenvalue weighted by molar-refractivity contribution is -0.0638. The molecule has 5 heteroatoms. The number of carbonyl (C=O) groups is 1. The minimum atomic E-state index is -0.267. The second-order valence-electron chi connectivity index (χ2n) is 9.20. The number of ether oxygens (including phenoxy) is 2. The van der Waals surface area contributed by atoms with Gasteiger partial charge in [0.15, 0.2) is 0 Å². The van der Waals surface area contributed by atoms with Crippen molar-refractivity contribution in [1.82, 2.24) is 10.2 Å². The van der Waals surface area contributed by atoms with Gasteiger partial charge in [-0.2, -0.15) is 0 Å². The second kappa shape index (κ2) is 9.01. The molecule has 5 nitrogen and oxygen atoms in total. The first kappa shape index (κ1) is 20.5. The zero-order valence-corrected chi connectivity index (χ0v) is 18.0. The fourth-order valence-electron chi connectivity index (χ4n) is 5.56. The quantitative estimate of drug-likeness (QED) is 0.656. The Morgan fingerprint density at radius 2 is 1.74 bits per heavy atom. The zero-order chi connectivity index (χ0) is 21.1. The average molecular weight is 421 g/mol. The number of piperidine rings is 1. The van der Waals surface area contributed by atoms with Crippen LogP contribution in [0.2, 0.25) is 0 Å². The van der Waals surface area contributed by atoms with Gasteiger partial charge in [-0.25, -0.2) is 4.79 Å². The third-order valence-corrected chi connectivity index (χ3v) is 7.39. The van der Waals surface area contributed by atoms with Crippen molar-refractivity contribution in [3.63, 3.8) is 0 Å². The van der Waals surface area contributed by atoms with E-state index in [0.29, 0.717) is 25.7 Å². The molecule has 5 rings (SSSR count). The van der Waals surface area contributed by atoms with E-state index < -0.39 is 0 Å². The molecule has 0 spiro atoms. The molecule has 31 heavy (non-hydrogen) atoms. The number of hydrogen-bond donors (Lipinski definition) is 1. The maximum Gasteiger partial charge on any atom is 0.411 e. The third kappa shape index (κ3) is 3.97. The Morgan fingerprint density at radius 3 is 2.42 bits per heavy atom. The first-order valence-electron chi connectivity index (χ1n) is 11.6. The van der Waals surface area contributed by atoms with Gasteiger partial charge in [-0.1, -0.05) is 67.1 Å². The summed E-state index contributed by atoms with van der Waals surface area (Å²) in [5.74, 6) is 0.669. The molecule has 1 saturated carbocycles. The Labute approximate surface area is 184 Å². The topological polar surface area (TPSA) is 50.8 Å². The van der Waals surface area contributed by atoms with Crippen molar-refractivity contribution >= 4 is 6.09 Å². The second-order valence-corrected chi connectivity index (χ2v) is 9.20. The standard InChI is InChI=1S/C26H32N2O3/c29-25-28(17-21-10-5-2-6-11-21)26(23-12-7-13-23)19-27-16-22(24(26)31-25)18-30-15-14-20-8-3-1-4-9-20/h1-6,8-11,22-24,27H,7,12-19H2/t22-,24+,26+/m1/s1. The van der Waals surface area contributed by atoms with Gasteiger partial charge in [-0.05, 0) is 36.3 Å². The number of nitrogens with zero attached hydrogens (tertiary/aromatic N) is 1. The lowest BCUT2D eigenvalue weighted by atomic mass is 9.64. The molecule has 0 unspecified atom stereocenters. The van der Waals surface area contributed by atoms with Crippen LogP contribution < -0.4 is 5.32 Å². The lowest BCUT2D eigenvalue weighted by Crippen LogP contribution is -2.69. The van der Waals surface area contributed by atoms with Crippen LogP contribution in [-0.2, 0) is 22.4 Å². The number of fused-ring (bicyclic) bond motifs is 1. The highest BCUT2D eigenvalue weighted by Crippen LogP contribution is 2.49. The van der Waals surface area contributed by atoms with Gasteiger partial charge in [0.1, 0.15) is 6.10 Å². The van der Waals surface area contributed by atoms with Crippen LogP contribution in [0.5, 0.6) is 0 Å². The minimum Gasteiger partial charge on any atom is -0.443 e. The summed E-state index contributed by atoms with van der Waals surface area (Å²) in [4.78, 5) is 15.1. The van der Waals surface area contributed by atoms with E-state index in [4.69, 9.17) is 9.47 Å². The van der Waals surface area contributed by atoms with E-state index in [9.17, 15) is 4.79 Å². The maximum absolute atomic E-state index is 13.1. The van der Waals surface area contributed by atoms with Gasteiger partial charge in [-0.15, -0.1) is 0 Å². The molecule has 2 aliphatic heterocycles. The van der Waals surface area contributed by atoms with E-state index in [-0.39, 0.29) is 23.7 Å². The van der Waals surface area contributed by atoms with Crippen molar-refractivity contribution in [1.29, 1.82) is 0 Å². The Balaban J connectivity index is 1.29. The van der Waals surface area contributed by atoms with Gasteiger partial charge < -0.3 is 14.8 Å². The van der Waals surface area contributed by atoms with Crippen molar-refractivity contribution in [2.75, 3.05) is 26.3 Å². The zero-order valence-electron chi connectivity index (χ0n) is 18.0. The molecule has 0 radical (unpaired) electrons. The lowest BCUT2D eigenvalue weighted by Gasteiger charge is -2.52. The van der Waals surface area contributed by atoms with Crippen molar-refractivity contribution in [3.05, 3.63) is 71.8 Å². The predicted octanol–water partition coefficient (Wildman–Crippen LogP) is 4.03. The summed E-state index contributed by atoms with van der Waals surface area (Å²) in [5.41, 5.74) is 2.17. The molecule has 3 atom stereocenters. The summed E-state index contributed by atoms with van der Waals surface area (Å²) in [5, 5.41) is 3.64. The Hall–Kier alpha value is -2.37. The van der Waals surface area contributed by atoms with E-state index in [1.165, 1.54) is 24.8 Å². The normalized spacial score (nSPS) is 28.1. The maximum atomic E-state index is 13.1. The average Bonchev–Trinajstić information content (AvgIpc) is 3.04. The number of hydrogen-bond acceptors (Lipinski definition) is 4. The fourth-order valence-corrected chi connectivity index (χ4v) is 5.56. The van der Waals surface area contributed by atoms with Crippen LogP contribution in [0.15, 0.2) is 60.7 Å². The van der Waals surface area contributed by atoms with Crippen LogP contribution in [0, 0.1) is 11.8 Å². The smallest absolute Gasteiger partial charge is 0.411 e. The molecule has 164 valence electrons. The number of carbonyl (C=O) groups excluding carboxylic acids is 1. The van der Waals surface area contributed by atoms with Crippen LogP contribution in [0.4, 0.5) is 4.79 Å². The SMILES string of the molecule is O=C1O[C@H]2[C@@H](COCCc3ccccc3)CNC[C@@]2(C2CCC2)N1Cc1ccccc1. The summed E-state index contributed by atoms with van der Waals surface area (Å²) < 4.78 is 12.2. The molecular formula is C26H32N2O3. The summed E-state index contributed by atoms with van der Waals surface area (Å²) in [6, 6.07) is 20.7. The summed E-state index contributed by atoms with van der Waals surface area (Å²) in [6.45, 7) is 3.55. The van der Waals surface area contributed by atoms with E-state index in [1.807, 2.05) is 29.2 Å². The van der Waals surface area contributed by atoms with E-state index >= 15 is 0 Å². The molecule has 2 aromatic carbocycles. The van der Waals surface area contributed by atoms with Crippen molar-refractivity contribution < 1.29 is 14.3 Å². The Morgan fingerprint density at radius 1 is 1.03 bits per heavy atom. The largest absolute Gasteiger partial charge is 0.443 e. The first-order valence-corrected chi connectivity index (χ1v) is 11.6. The predicted molar refractivity (Wildman–Crippen MR) is 120 cm³/mol. The molecule has 0 aromatic heterocycles. The highest BCUT2D eigenvalue weighted by Gasteiger charge is 2.63. The van der Waals surface area contributed by atoms with Crippen LogP contribution >= 0.6 is 0 Å². The number of amides is 1. The van der Waals surface area contributed by atoms with Crippen molar-refractivity contribution in [2.45, 2.75) is 43.9 Å². The van der Waals surface area contributed by atoms with Crippen molar-refractivity contribution in [3.8, 4) is 0 Å². The van der Waals surface area contributed by atoms with Gasteiger partial charge in [0, 0.05) is 25.6 Å². The van der Waals surface area contributed by atoms with E-state index in [1.54, 1.807) is 0 Å². The van der Waals surface area contributed by atoms with Crippen LogP contribution in [-0.4, -0.2) is 48.9 Å². The van der Waals surface area contributed by atoms with Crippen LogP contribution in [0.25, 0.3) is 0 Å². The monoisotopic (exact) mass is 420 g/mol. The van der Waals surface area contributed by atoms with Gasteiger partial charge in [-0.3, -0.25) is 4.90 Å². The van der Waals surface area contributed by atoms with Crippen LogP contribution in [0.1, 0.15) is 30.4 Å². The molecule has 3 aliphatic rings. The van der Waals surface area contributed by atoms with Gasteiger partial charge in [0.25, 0.3) is 0 Å². The Kier molecular flexibility index (Phi) is 5.97. The summed E-state index contributed by atoms with van der Waals surface area (Å²) >= 11 is 0. The minimum absolute atomic E-state index is 0.105. The molecule has 2 heterocycles. The van der Waals surface area contributed by atoms with E-state index in [2.05, 4.69) is 41.7 Å². The fraction of sp³-hybridized carbons (Fsp3) is 0.500. The Bertz CT molecular complexity index is 871. The molecule has 2 saturated heterocycles. The molecule has 2 aromatic rings.